The van der Waals surface area contributed by atoms with E-state index in [0.717, 1.165) is 17.2 Å². The molecule has 17 heavy (non-hydrogen) atoms. The lowest BCUT2D eigenvalue weighted by Crippen LogP contribution is -2.13. The second-order valence-electron chi connectivity index (χ2n) is 5.16. The van der Waals surface area contributed by atoms with Crippen LogP contribution in [-0.2, 0) is 11.8 Å². The fourth-order valence-electron chi connectivity index (χ4n) is 1.51. The van der Waals surface area contributed by atoms with Gasteiger partial charge in [-0.15, -0.1) is 0 Å². The maximum absolute atomic E-state index is 12.8. The molecular formula is C13H16FN3. The molecular weight excluding hydrogens is 217 g/mol. The van der Waals surface area contributed by atoms with Gasteiger partial charge in [0.25, 0.3) is 0 Å². The smallest absolute Gasteiger partial charge is 0.156 e. The van der Waals surface area contributed by atoms with Gasteiger partial charge in [0, 0.05) is 11.8 Å². The van der Waals surface area contributed by atoms with Crippen LogP contribution in [0.1, 0.15) is 38.0 Å². The van der Waals surface area contributed by atoms with Crippen molar-refractivity contribution < 1.29 is 4.39 Å². The van der Waals surface area contributed by atoms with E-state index in [-0.39, 0.29) is 11.2 Å². The van der Waals surface area contributed by atoms with Crippen LogP contribution in [0.2, 0.25) is 0 Å². The number of aromatic amines is 1. The van der Waals surface area contributed by atoms with Crippen molar-refractivity contribution in [3.8, 4) is 0 Å². The second-order valence-corrected chi connectivity index (χ2v) is 5.16. The molecule has 4 heteroatoms. The first kappa shape index (κ1) is 11.8. The van der Waals surface area contributed by atoms with Gasteiger partial charge in [-0.05, 0) is 17.7 Å². The Kier molecular flexibility index (Phi) is 2.96. The number of nitrogens with zero attached hydrogens (tertiary/aromatic N) is 2. The standard InChI is InChI=1S/C13H16FN3/c1-13(2,3)12-15-11(16-17-12)8-9-4-6-10(14)7-5-9/h4-7H,8H2,1-3H3,(H,15,16,17). The Balaban J connectivity index is 2.14. The zero-order valence-corrected chi connectivity index (χ0v) is 10.3. The SMILES string of the molecule is CC(C)(C)c1n[nH]c(Cc2ccc(F)cc2)n1. The normalized spacial score (nSPS) is 11.8. The Bertz CT molecular complexity index is 494. The van der Waals surface area contributed by atoms with Gasteiger partial charge in [-0.3, -0.25) is 5.10 Å². The third-order valence-corrected chi connectivity index (χ3v) is 2.49. The topological polar surface area (TPSA) is 41.6 Å². The highest BCUT2D eigenvalue weighted by atomic mass is 19.1. The molecule has 0 aliphatic heterocycles. The highest BCUT2D eigenvalue weighted by Gasteiger charge is 2.19. The molecule has 90 valence electrons. The van der Waals surface area contributed by atoms with Crippen LogP contribution in [-0.4, -0.2) is 15.2 Å². The first-order chi connectivity index (χ1) is 7.95. The van der Waals surface area contributed by atoms with Crippen LogP contribution >= 0.6 is 0 Å². The van der Waals surface area contributed by atoms with Gasteiger partial charge < -0.3 is 0 Å². The van der Waals surface area contributed by atoms with E-state index in [1.54, 1.807) is 12.1 Å². The molecule has 0 unspecified atom stereocenters. The van der Waals surface area contributed by atoms with Crippen LogP contribution in [0.4, 0.5) is 4.39 Å². The lowest BCUT2D eigenvalue weighted by Gasteiger charge is -2.11. The van der Waals surface area contributed by atoms with Gasteiger partial charge in [0.2, 0.25) is 0 Å². The van der Waals surface area contributed by atoms with E-state index < -0.39 is 0 Å². The number of rotatable bonds is 2. The highest BCUT2D eigenvalue weighted by Crippen LogP contribution is 2.18. The summed E-state index contributed by atoms with van der Waals surface area (Å²) < 4.78 is 12.8. The van der Waals surface area contributed by atoms with Gasteiger partial charge in [0.05, 0.1) is 0 Å². The summed E-state index contributed by atoms with van der Waals surface area (Å²) in [4.78, 5) is 4.44. The van der Waals surface area contributed by atoms with E-state index in [0.29, 0.717) is 6.42 Å². The monoisotopic (exact) mass is 233 g/mol. The zero-order valence-electron chi connectivity index (χ0n) is 10.3. The van der Waals surface area contributed by atoms with Crippen molar-refractivity contribution in [2.45, 2.75) is 32.6 Å². The van der Waals surface area contributed by atoms with Gasteiger partial charge >= 0.3 is 0 Å². The molecule has 0 saturated heterocycles. The lowest BCUT2D eigenvalue weighted by atomic mass is 9.96. The van der Waals surface area contributed by atoms with Crippen molar-refractivity contribution in [1.82, 2.24) is 15.2 Å². The van der Waals surface area contributed by atoms with Crippen molar-refractivity contribution >= 4 is 0 Å². The minimum absolute atomic E-state index is 0.0580. The third kappa shape index (κ3) is 2.90. The molecule has 2 rings (SSSR count). The minimum Gasteiger partial charge on any atom is -0.263 e. The van der Waals surface area contributed by atoms with E-state index in [9.17, 15) is 4.39 Å². The summed E-state index contributed by atoms with van der Waals surface area (Å²) in [6, 6.07) is 6.43. The first-order valence-electron chi connectivity index (χ1n) is 5.61. The fraction of sp³-hybridized carbons (Fsp3) is 0.385. The van der Waals surface area contributed by atoms with Crippen LogP contribution in [0.5, 0.6) is 0 Å². The molecule has 3 nitrogen and oxygen atoms in total. The summed E-state index contributed by atoms with van der Waals surface area (Å²) in [5.41, 5.74) is 0.959. The van der Waals surface area contributed by atoms with Gasteiger partial charge in [0.1, 0.15) is 11.6 Å². The van der Waals surface area contributed by atoms with Crippen molar-refractivity contribution in [3.05, 3.63) is 47.3 Å². The molecule has 0 spiro atoms. The van der Waals surface area contributed by atoms with Gasteiger partial charge in [0.15, 0.2) is 5.82 Å². The molecule has 0 bridgehead atoms. The van der Waals surface area contributed by atoms with E-state index in [4.69, 9.17) is 0 Å². The summed E-state index contributed by atoms with van der Waals surface area (Å²) >= 11 is 0. The third-order valence-electron chi connectivity index (χ3n) is 2.49. The molecule has 0 saturated carbocycles. The molecule has 0 radical (unpaired) electrons. The Labute approximate surface area is 100 Å². The Morgan fingerprint density at radius 2 is 1.82 bits per heavy atom. The van der Waals surface area contributed by atoms with E-state index >= 15 is 0 Å². The molecule has 1 aromatic carbocycles. The largest absolute Gasteiger partial charge is 0.263 e. The molecule has 1 heterocycles. The van der Waals surface area contributed by atoms with Crippen LogP contribution in [0, 0.1) is 5.82 Å². The fourth-order valence-corrected chi connectivity index (χ4v) is 1.51. The van der Waals surface area contributed by atoms with Crippen LogP contribution < -0.4 is 0 Å². The molecule has 2 aromatic rings. The molecule has 1 N–H and O–H groups in total. The highest BCUT2D eigenvalue weighted by molar-refractivity contribution is 5.20. The van der Waals surface area contributed by atoms with Crippen molar-refractivity contribution in [2.24, 2.45) is 0 Å². The van der Waals surface area contributed by atoms with Crippen LogP contribution in [0.3, 0.4) is 0 Å². The maximum atomic E-state index is 12.8. The van der Waals surface area contributed by atoms with Crippen molar-refractivity contribution in [1.29, 1.82) is 0 Å². The van der Waals surface area contributed by atoms with E-state index in [2.05, 4.69) is 36.0 Å². The predicted octanol–water partition coefficient (Wildman–Crippen LogP) is 2.83. The number of halogens is 1. The maximum Gasteiger partial charge on any atom is 0.156 e. The Morgan fingerprint density at radius 3 is 2.35 bits per heavy atom. The second kappa shape index (κ2) is 4.28. The number of H-pyrrole nitrogens is 1. The van der Waals surface area contributed by atoms with Gasteiger partial charge in [-0.2, -0.15) is 5.10 Å². The van der Waals surface area contributed by atoms with Crippen molar-refractivity contribution in [3.63, 3.8) is 0 Å². The number of benzene rings is 1. The predicted molar refractivity (Wildman–Crippen MR) is 64.3 cm³/mol. The first-order valence-corrected chi connectivity index (χ1v) is 5.61. The van der Waals surface area contributed by atoms with E-state index in [1.807, 2.05) is 0 Å². The van der Waals surface area contributed by atoms with Gasteiger partial charge in [-0.1, -0.05) is 32.9 Å². The van der Waals surface area contributed by atoms with Gasteiger partial charge in [-0.25, -0.2) is 9.37 Å². The summed E-state index contributed by atoms with van der Waals surface area (Å²) in [5.74, 6) is 1.39. The molecule has 0 fully saturated rings. The van der Waals surface area contributed by atoms with Crippen molar-refractivity contribution in [2.75, 3.05) is 0 Å². The number of hydrogen-bond donors (Lipinski definition) is 1. The number of hydrogen-bond acceptors (Lipinski definition) is 2. The summed E-state index contributed by atoms with van der Waals surface area (Å²) in [7, 11) is 0. The summed E-state index contributed by atoms with van der Waals surface area (Å²) in [5, 5.41) is 7.11. The summed E-state index contributed by atoms with van der Waals surface area (Å²) in [6.07, 6.45) is 0.642. The molecule has 0 amide bonds. The Hall–Kier alpha value is -1.71. The number of aromatic nitrogens is 3. The minimum atomic E-state index is -0.221. The Morgan fingerprint density at radius 1 is 1.18 bits per heavy atom. The lowest BCUT2D eigenvalue weighted by molar-refractivity contribution is 0.548. The summed E-state index contributed by atoms with van der Waals surface area (Å²) in [6.45, 7) is 6.20. The molecule has 0 aliphatic rings. The molecule has 1 aromatic heterocycles. The average Bonchev–Trinajstić information content (AvgIpc) is 2.69. The average molecular weight is 233 g/mol. The molecule has 0 atom stereocenters. The zero-order chi connectivity index (χ0) is 12.5. The van der Waals surface area contributed by atoms with Crippen LogP contribution in [0.25, 0.3) is 0 Å². The number of nitrogens with one attached hydrogen (secondary N) is 1. The van der Waals surface area contributed by atoms with E-state index in [1.165, 1.54) is 12.1 Å². The molecule has 0 aliphatic carbocycles. The van der Waals surface area contributed by atoms with Crippen LogP contribution in [0.15, 0.2) is 24.3 Å². The quantitative estimate of drug-likeness (QED) is 0.866.